The van der Waals surface area contributed by atoms with Crippen molar-refractivity contribution < 1.29 is 22.4 Å². The molecule has 1 aliphatic heterocycles. The van der Waals surface area contributed by atoms with Crippen molar-refractivity contribution in [3.63, 3.8) is 0 Å². The third-order valence-electron chi connectivity index (χ3n) is 3.55. The van der Waals surface area contributed by atoms with Crippen molar-refractivity contribution in [3.8, 4) is 0 Å². The molecule has 3 nitrogen and oxygen atoms in total. The number of amides is 1. The first-order valence-corrected chi connectivity index (χ1v) is 6.61. The molecule has 7 heteroatoms. The molecule has 1 aliphatic rings. The zero-order valence-electron chi connectivity index (χ0n) is 11.7. The number of carbonyl (C=O) groups excluding carboxylic acids is 1. The van der Waals surface area contributed by atoms with Gasteiger partial charge in [0.25, 0.3) is 5.91 Å². The number of halogens is 4. The molecule has 1 heterocycles. The molecule has 21 heavy (non-hydrogen) atoms. The summed E-state index contributed by atoms with van der Waals surface area (Å²) in [6.45, 7) is 4.47. The second kappa shape index (κ2) is 5.63. The molecule has 2 rings (SSSR count). The highest BCUT2D eigenvalue weighted by molar-refractivity contribution is 5.95. The molecule has 0 radical (unpaired) electrons. The third kappa shape index (κ3) is 3.34. The summed E-state index contributed by atoms with van der Waals surface area (Å²) in [6.07, 6.45) is -4.61. The van der Waals surface area contributed by atoms with E-state index in [2.05, 4.69) is 5.32 Å². The molecule has 1 saturated heterocycles. The minimum Gasteiger partial charge on any atom is -0.333 e. The molecule has 2 unspecified atom stereocenters. The summed E-state index contributed by atoms with van der Waals surface area (Å²) in [7, 11) is 0. The van der Waals surface area contributed by atoms with Crippen LogP contribution < -0.4 is 5.32 Å². The molecule has 116 valence electrons. The van der Waals surface area contributed by atoms with Crippen LogP contribution in [0.4, 0.5) is 17.6 Å². The van der Waals surface area contributed by atoms with Gasteiger partial charge in [0.15, 0.2) is 0 Å². The number of hydrogen-bond donors (Lipinski definition) is 1. The van der Waals surface area contributed by atoms with Crippen molar-refractivity contribution in [3.05, 3.63) is 35.1 Å². The molecular formula is C14H16F4N2O. The van der Waals surface area contributed by atoms with E-state index in [9.17, 15) is 22.4 Å². The molecule has 1 amide bonds. The third-order valence-corrected chi connectivity index (χ3v) is 3.55. The fourth-order valence-corrected chi connectivity index (χ4v) is 2.32. The van der Waals surface area contributed by atoms with Gasteiger partial charge in [0, 0.05) is 25.2 Å². The Labute approximate surface area is 119 Å². The molecule has 1 aromatic carbocycles. The summed E-state index contributed by atoms with van der Waals surface area (Å²) in [5, 5.41) is 3.15. The zero-order chi connectivity index (χ0) is 15.8. The molecule has 2 atom stereocenters. The van der Waals surface area contributed by atoms with Gasteiger partial charge in [-0.3, -0.25) is 4.79 Å². The van der Waals surface area contributed by atoms with E-state index in [0.717, 1.165) is 0 Å². The summed E-state index contributed by atoms with van der Waals surface area (Å²) in [6, 6.07) is 1.71. The van der Waals surface area contributed by atoms with Gasteiger partial charge >= 0.3 is 6.18 Å². The summed E-state index contributed by atoms with van der Waals surface area (Å²) in [4.78, 5) is 13.7. The molecule has 1 aromatic rings. The summed E-state index contributed by atoms with van der Waals surface area (Å²) in [5.74, 6) is -1.65. The number of hydrogen-bond acceptors (Lipinski definition) is 2. The minimum absolute atomic E-state index is 0.0130. The number of benzene rings is 1. The monoisotopic (exact) mass is 304 g/mol. The topological polar surface area (TPSA) is 32.3 Å². The van der Waals surface area contributed by atoms with E-state index < -0.39 is 29.0 Å². The average Bonchev–Trinajstić information content (AvgIpc) is 2.40. The Morgan fingerprint density at radius 3 is 2.62 bits per heavy atom. The minimum atomic E-state index is -4.61. The van der Waals surface area contributed by atoms with E-state index >= 15 is 0 Å². The second-order valence-electron chi connectivity index (χ2n) is 5.31. The maximum Gasteiger partial charge on any atom is 0.416 e. The van der Waals surface area contributed by atoms with Crippen molar-refractivity contribution in [2.45, 2.75) is 32.1 Å². The van der Waals surface area contributed by atoms with Crippen LogP contribution in [0.1, 0.15) is 29.8 Å². The Morgan fingerprint density at radius 2 is 2.00 bits per heavy atom. The number of nitrogens with one attached hydrogen (secondary N) is 1. The van der Waals surface area contributed by atoms with E-state index in [0.29, 0.717) is 31.3 Å². The van der Waals surface area contributed by atoms with Crippen LogP contribution in [-0.2, 0) is 6.18 Å². The predicted molar refractivity (Wildman–Crippen MR) is 69.4 cm³/mol. The van der Waals surface area contributed by atoms with Gasteiger partial charge in [-0.1, -0.05) is 0 Å². The van der Waals surface area contributed by atoms with Crippen LogP contribution in [0.15, 0.2) is 18.2 Å². The Balaban J connectivity index is 2.34. The van der Waals surface area contributed by atoms with Gasteiger partial charge in [0.2, 0.25) is 0 Å². The van der Waals surface area contributed by atoms with Gasteiger partial charge < -0.3 is 10.2 Å². The van der Waals surface area contributed by atoms with Crippen molar-refractivity contribution >= 4 is 5.91 Å². The molecule has 0 saturated carbocycles. The van der Waals surface area contributed by atoms with Crippen molar-refractivity contribution in [1.82, 2.24) is 10.2 Å². The lowest BCUT2D eigenvalue weighted by molar-refractivity contribution is -0.137. The van der Waals surface area contributed by atoms with Gasteiger partial charge in [-0.2, -0.15) is 13.2 Å². The van der Waals surface area contributed by atoms with Crippen LogP contribution in [0.2, 0.25) is 0 Å². The van der Waals surface area contributed by atoms with Crippen molar-refractivity contribution in [1.29, 1.82) is 0 Å². The van der Waals surface area contributed by atoms with Gasteiger partial charge in [-0.15, -0.1) is 0 Å². The normalized spacial score (nSPS) is 23.2. The molecule has 0 spiro atoms. The fraction of sp³-hybridized carbons (Fsp3) is 0.500. The van der Waals surface area contributed by atoms with Gasteiger partial charge in [-0.05, 0) is 32.0 Å². The van der Waals surface area contributed by atoms with Crippen molar-refractivity contribution in [2.24, 2.45) is 0 Å². The Bertz CT molecular complexity index is 544. The van der Waals surface area contributed by atoms with Crippen LogP contribution in [0.25, 0.3) is 0 Å². The lowest BCUT2D eigenvalue weighted by Gasteiger charge is -2.37. The van der Waals surface area contributed by atoms with E-state index in [1.54, 1.807) is 6.92 Å². The Kier molecular flexibility index (Phi) is 4.22. The quantitative estimate of drug-likeness (QED) is 0.809. The van der Waals surface area contributed by atoms with Crippen LogP contribution in [-0.4, -0.2) is 36.0 Å². The molecule has 1 N–H and O–H groups in total. The number of carbonyl (C=O) groups is 1. The van der Waals surface area contributed by atoms with E-state index in [1.807, 2.05) is 6.92 Å². The number of alkyl halides is 3. The van der Waals surface area contributed by atoms with Crippen LogP contribution >= 0.6 is 0 Å². The van der Waals surface area contributed by atoms with Crippen LogP contribution in [0, 0.1) is 5.82 Å². The predicted octanol–water partition coefficient (Wildman–Crippen LogP) is 2.67. The largest absolute Gasteiger partial charge is 0.416 e. The molecule has 0 bridgehead atoms. The molecular weight excluding hydrogens is 288 g/mol. The highest BCUT2D eigenvalue weighted by Gasteiger charge is 2.34. The standard InChI is InChI=1S/C14H16F4N2O/c1-8-7-20(9(2)6-19-8)13(21)11-5-10(14(16,17)18)3-4-12(11)15/h3-5,8-9,19H,6-7H2,1-2H3. The lowest BCUT2D eigenvalue weighted by atomic mass is 10.1. The van der Waals surface area contributed by atoms with E-state index in [4.69, 9.17) is 0 Å². The first-order valence-electron chi connectivity index (χ1n) is 6.61. The Hall–Kier alpha value is -1.63. The first-order chi connectivity index (χ1) is 9.70. The van der Waals surface area contributed by atoms with Crippen LogP contribution in [0.3, 0.4) is 0 Å². The maximum absolute atomic E-state index is 13.8. The summed E-state index contributed by atoms with van der Waals surface area (Å²) >= 11 is 0. The first kappa shape index (κ1) is 15.8. The SMILES string of the molecule is CC1CN(C(=O)c2cc(C(F)(F)F)ccc2F)C(C)CN1. The average molecular weight is 304 g/mol. The highest BCUT2D eigenvalue weighted by Crippen LogP contribution is 2.30. The molecule has 0 aliphatic carbocycles. The summed E-state index contributed by atoms with van der Waals surface area (Å²) in [5.41, 5.74) is -1.56. The van der Waals surface area contributed by atoms with E-state index in [-0.39, 0.29) is 12.1 Å². The van der Waals surface area contributed by atoms with Crippen molar-refractivity contribution in [2.75, 3.05) is 13.1 Å². The molecule has 1 fully saturated rings. The Morgan fingerprint density at radius 1 is 1.33 bits per heavy atom. The number of nitrogens with zero attached hydrogens (tertiary/aromatic N) is 1. The fourth-order valence-electron chi connectivity index (χ4n) is 2.32. The van der Waals surface area contributed by atoms with E-state index in [1.165, 1.54) is 4.90 Å². The number of rotatable bonds is 1. The van der Waals surface area contributed by atoms with Gasteiger partial charge in [0.05, 0.1) is 11.1 Å². The zero-order valence-corrected chi connectivity index (χ0v) is 11.7. The lowest BCUT2D eigenvalue weighted by Crippen LogP contribution is -2.56. The smallest absolute Gasteiger partial charge is 0.333 e. The van der Waals surface area contributed by atoms with Gasteiger partial charge in [-0.25, -0.2) is 4.39 Å². The highest BCUT2D eigenvalue weighted by atomic mass is 19.4. The maximum atomic E-state index is 13.8. The van der Waals surface area contributed by atoms with Gasteiger partial charge in [0.1, 0.15) is 5.82 Å². The second-order valence-corrected chi connectivity index (χ2v) is 5.31. The summed E-state index contributed by atoms with van der Waals surface area (Å²) < 4.78 is 51.8. The molecule has 0 aromatic heterocycles. The van der Waals surface area contributed by atoms with Crippen LogP contribution in [0.5, 0.6) is 0 Å². The number of piperazine rings is 1.